The van der Waals surface area contributed by atoms with Gasteiger partial charge in [0.2, 0.25) is 5.91 Å². The number of carbonyl (C=O) groups excluding carboxylic acids is 2. The lowest BCUT2D eigenvalue weighted by atomic mass is 9.94. The first kappa shape index (κ1) is 23.3. The van der Waals surface area contributed by atoms with Crippen molar-refractivity contribution in [1.29, 1.82) is 0 Å². The number of rotatable bonds is 9. The zero-order chi connectivity index (χ0) is 23.3. The molecule has 0 fully saturated rings. The molecule has 1 aliphatic carbocycles. The van der Waals surface area contributed by atoms with E-state index >= 15 is 0 Å². The van der Waals surface area contributed by atoms with Crippen LogP contribution in [0.4, 0.5) is 4.79 Å². The highest BCUT2D eigenvalue weighted by atomic mass is 16.5. The predicted molar refractivity (Wildman–Crippen MR) is 121 cm³/mol. The molecule has 0 heterocycles. The smallest absolute Gasteiger partial charge is 0.407 e. The highest BCUT2D eigenvalue weighted by Gasteiger charge is 2.30. The van der Waals surface area contributed by atoms with E-state index in [1.807, 2.05) is 38.1 Å². The van der Waals surface area contributed by atoms with Crippen LogP contribution in [0.3, 0.4) is 0 Å². The maximum Gasteiger partial charge on any atom is 0.407 e. The zero-order valence-electron chi connectivity index (χ0n) is 18.7. The number of amides is 2. The third-order valence-electron chi connectivity index (χ3n) is 5.95. The zero-order valence-corrected chi connectivity index (χ0v) is 18.7. The molecule has 1 unspecified atom stereocenters. The van der Waals surface area contributed by atoms with Crippen molar-refractivity contribution in [2.75, 3.05) is 26.2 Å². The molecule has 7 nitrogen and oxygen atoms in total. The first-order valence-electron chi connectivity index (χ1n) is 10.9. The fourth-order valence-corrected chi connectivity index (χ4v) is 4.19. The molecule has 170 valence electrons. The van der Waals surface area contributed by atoms with E-state index in [0.29, 0.717) is 6.54 Å². The van der Waals surface area contributed by atoms with E-state index in [-0.39, 0.29) is 37.4 Å². The number of alkyl carbamates (subject to hydrolysis) is 1. The molecule has 1 aliphatic rings. The number of ether oxygens (including phenoxy) is 1. The van der Waals surface area contributed by atoms with Crippen LogP contribution in [0, 0.1) is 11.8 Å². The quantitative estimate of drug-likeness (QED) is 0.622. The van der Waals surface area contributed by atoms with Crippen LogP contribution in [0.15, 0.2) is 48.5 Å². The Morgan fingerprint density at radius 2 is 1.59 bits per heavy atom. The molecule has 0 spiro atoms. The molecule has 1 atom stereocenters. The second-order valence-electron chi connectivity index (χ2n) is 8.30. The van der Waals surface area contributed by atoms with E-state index < -0.39 is 18.0 Å². The first-order valence-corrected chi connectivity index (χ1v) is 10.9. The van der Waals surface area contributed by atoms with Crippen LogP contribution in [0.1, 0.15) is 37.8 Å². The van der Waals surface area contributed by atoms with Gasteiger partial charge in [-0.2, -0.15) is 0 Å². The lowest BCUT2D eigenvalue weighted by Crippen LogP contribution is -2.45. The van der Waals surface area contributed by atoms with Crippen LogP contribution in [0.25, 0.3) is 11.1 Å². The topological polar surface area (TPSA) is 95.9 Å². The third kappa shape index (κ3) is 5.10. The fraction of sp³-hybridized carbons (Fsp3) is 0.400. The van der Waals surface area contributed by atoms with Crippen molar-refractivity contribution in [3.8, 4) is 11.1 Å². The van der Waals surface area contributed by atoms with Gasteiger partial charge < -0.3 is 20.1 Å². The van der Waals surface area contributed by atoms with Crippen molar-refractivity contribution in [3.63, 3.8) is 0 Å². The van der Waals surface area contributed by atoms with E-state index in [9.17, 15) is 14.4 Å². The summed E-state index contributed by atoms with van der Waals surface area (Å²) < 4.78 is 5.53. The van der Waals surface area contributed by atoms with Gasteiger partial charge in [0.25, 0.3) is 0 Å². The minimum absolute atomic E-state index is 0.0400. The van der Waals surface area contributed by atoms with Crippen LogP contribution in [0.2, 0.25) is 0 Å². The van der Waals surface area contributed by atoms with Crippen LogP contribution in [-0.2, 0) is 14.3 Å². The van der Waals surface area contributed by atoms with Crippen LogP contribution < -0.4 is 5.32 Å². The second-order valence-corrected chi connectivity index (χ2v) is 8.30. The lowest BCUT2D eigenvalue weighted by molar-refractivity contribution is -0.146. The largest absolute Gasteiger partial charge is 0.480 e. The Kier molecular flexibility index (Phi) is 7.51. The second kappa shape index (κ2) is 10.3. The van der Waals surface area contributed by atoms with Gasteiger partial charge in [0, 0.05) is 19.0 Å². The molecule has 0 bridgehead atoms. The Balaban J connectivity index is 1.61. The van der Waals surface area contributed by atoms with Gasteiger partial charge in [-0.25, -0.2) is 4.79 Å². The van der Waals surface area contributed by atoms with Crippen molar-refractivity contribution >= 4 is 18.0 Å². The molecule has 0 radical (unpaired) electrons. The normalized spacial score (nSPS) is 13.2. The third-order valence-corrected chi connectivity index (χ3v) is 5.95. The Hall–Kier alpha value is -3.35. The van der Waals surface area contributed by atoms with Gasteiger partial charge in [0.1, 0.15) is 13.2 Å². The number of carbonyl (C=O) groups is 3. The van der Waals surface area contributed by atoms with Crippen molar-refractivity contribution in [2.45, 2.75) is 26.7 Å². The number of fused-ring (bicyclic) bond motifs is 3. The minimum atomic E-state index is -1.06. The summed E-state index contributed by atoms with van der Waals surface area (Å²) in [6.07, 6.45) is -0.591. The number of benzene rings is 2. The molecule has 3 rings (SSSR count). The van der Waals surface area contributed by atoms with Crippen molar-refractivity contribution in [1.82, 2.24) is 10.2 Å². The van der Waals surface area contributed by atoms with Crippen LogP contribution >= 0.6 is 0 Å². The Bertz CT molecular complexity index is 942. The highest BCUT2D eigenvalue weighted by Crippen LogP contribution is 2.44. The van der Waals surface area contributed by atoms with E-state index in [1.54, 1.807) is 6.92 Å². The van der Waals surface area contributed by atoms with Crippen LogP contribution in [0.5, 0.6) is 0 Å². The molecule has 0 aromatic heterocycles. The van der Waals surface area contributed by atoms with Crippen LogP contribution in [-0.4, -0.2) is 54.2 Å². The number of carboxylic acid groups (broad SMARTS) is 1. The molecule has 2 aromatic carbocycles. The number of nitrogens with zero attached hydrogens (tertiary/aromatic N) is 1. The number of hydrogen-bond acceptors (Lipinski definition) is 4. The standard InChI is InChI=1S/C25H30N2O5/c1-4-27(14-23(28)29)24(30)21(16(2)3)13-26-25(31)32-15-22-19-11-7-5-9-17(19)18-10-6-8-12-20(18)22/h5-12,16,21-22H,4,13-15H2,1-3H3,(H,26,31)(H,28,29). The van der Waals surface area contributed by atoms with Gasteiger partial charge in [0.15, 0.2) is 0 Å². The monoisotopic (exact) mass is 438 g/mol. The number of likely N-dealkylation sites (N-methyl/N-ethyl adjacent to an activating group) is 1. The van der Waals surface area contributed by atoms with Gasteiger partial charge in [-0.1, -0.05) is 62.4 Å². The maximum atomic E-state index is 12.8. The molecular weight excluding hydrogens is 408 g/mol. The molecule has 2 aromatic rings. The maximum absolute atomic E-state index is 12.8. The number of nitrogens with one attached hydrogen (secondary N) is 1. The van der Waals surface area contributed by atoms with Gasteiger partial charge in [-0.15, -0.1) is 0 Å². The van der Waals surface area contributed by atoms with E-state index in [1.165, 1.54) is 4.90 Å². The number of hydrogen-bond donors (Lipinski definition) is 2. The SMILES string of the molecule is CCN(CC(=O)O)C(=O)C(CNC(=O)OCC1c2ccccc2-c2ccccc21)C(C)C. The molecular formula is C25H30N2O5. The average Bonchev–Trinajstić information content (AvgIpc) is 3.09. The summed E-state index contributed by atoms with van der Waals surface area (Å²) in [6.45, 7) is 5.69. The van der Waals surface area contributed by atoms with E-state index in [2.05, 4.69) is 29.6 Å². The Labute approximate surface area is 188 Å². The molecule has 2 amide bonds. The van der Waals surface area contributed by atoms with Crippen molar-refractivity contribution in [2.24, 2.45) is 11.8 Å². The molecule has 32 heavy (non-hydrogen) atoms. The summed E-state index contributed by atoms with van der Waals surface area (Å²) in [5, 5.41) is 11.7. The molecule has 2 N–H and O–H groups in total. The summed E-state index contributed by atoms with van der Waals surface area (Å²) in [5.41, 5.74) is 4.56. The van der Waals surface area contributed by atoms with Gasteiger partial charge in [0.05, 0.1) is 5.92 Å². The van der Waals surface area contributed by atoms with Gasteiger partial charge >= 0.3 is 12.1 Å². The fourth-order valence-electron chi connectivity index (χ4n) is 4.19. The Morgan fingerprint density at radius 3 is 2.09 bits per heavy atom. The highest BCUT2D eigenvalue weighted by molar-refractivity contribution is 5.84. The minimum Gasteiger partial charge on any atom is -0.480 e. The van der Waals surface area contributed by atoms with Gasteiger partial charge in [-0.3, -0.25) is 9.59 Å². The average molecular weight is 439 g/mol. The van der Waals surface area contributed by atoms with Crippen molar-refractivity contribution < 1.29 is 24.2 Å². The van der Waals surface area contributed by atoms with Gasteiger partial charge in [-0.05, 0) is 35.1 Å². The summed E-state index contributed by atoms with van der Waals surface area (Å²) in [7, 11) is 0. The molecule has 7 heteroatoms. The van der Waals surface area contributed by atoms with E-state index in [4.69, 9.17) is 9.84 Å². The summed E-state index contributed by atoms with van der Waals surface area (Å²) in [6, 6.07) is 16.2. The molecule has 0 saturated carbocycles. The molecule has 0 saturated heterocycles. The first-order chi connectivity index (χ1) is 15.3. The lowest BCUT2D eigenvalue weighted by Gasteiger charge is -2.27. The molecule has 0 aliphatic heterocycles. The van der Waals surface area contributed by atoms with E-state index in [0.717, 1.165) is 22.3 Å². The predicted octanol–water partition coefficient (Wildman–Crippen LogP) is 3.73. The summed E-state index contributed by atoms with van der Waals surface area (Å²) >= 11 is 0. The number of carboxylic acids is 1. The van der Waals surface area contributed by atoms with Crippen molar-refractivity contribution in [3.05, 3.63) is 59.7 Å². The Morgan fingerprint density at radius 1 is 1.03 bits per heavy atom. The number of aliphatic carboxylic acids is 1. The summed E-state index contributed by atoms with van der Waals surface area (Å²) in [4.78, 5) is 37.5. The summed E-state index contributed by atoms with van der Waals surface area (Å²) in [5.74, 6) is -1.99.